The normalized spacial score (nSPS) is 18.9. The van der Waals surface area contributed by atoms with E-state index in [2.05, 4.69) is 5.32 Å². The number of hydrogen-bond donors (Lipinski definition) is 1. The van der Waals surface area contributed by atoms with E-state index in [1.165, 1.54) is 12.0 Å². The number of amides is 2. The zero-order valence-corrected chi connectivity index (χ0v) is 11.0. The van der Waals surface area contributed by atoms with Crippen molar-refractivity contribution in [1.29, 1.82) is 0 Å². The van der Waals surface area contributed by atoms with Gasteiger partial charge in [-0.3, -0.25) is 14.4 Å². The largest absolute Gasteiger partial charge is 0.328 e. The molecule has 1 heterocycles. The number of nitrogens with one attached hydrogen (secondary N) is 1. The van der Waals surface area contributed by atoms with Crippen LogP contribution in [0.5, 0.6) is 0 Å². The quantitative estimate of drug-likeness (QED) is 0.858. The minimum absolute atomic E-state index is 0.138. The van der Waals surface area contributed by atoms with Crippen molar-refractivity contribution in [3.8, 4) is 0 Å². The summed E-state index contributed by atoms with van der Waals surface area (Å²) in [5.41, 5.74) is 0.839. The zero-order valence-electron chi connectivity index (χ0n) is 11.0. The summed E-state index contributed by atoms with van der Waals surface area (Å²) in [6.07, 6.45) is -0.597. The molecule has 2 amide bonds. The fraction of sp³-hybridized carbons (Fsp3) is 0.200. The van der Waals surface area contributed by atoms with Crippen LogP contribution in [0.25, 0.3) is 10.8 Å². The van der Waals surface area contributed by atoms with Gasteiger partial charge in [-0.1, -0.05) is 42.5 Å². The highest BCUT2D eigenvalue weighted by atomic mass is 16.7. The van der Waals surface area contributed by atoms with Crippen molar-refractivity contribution in [2.75, 3.05) is 6.61 Å². The molecule has 0 aliphatic carbocycles. The number of carbonyl (C=O) groups is 2. The van der Waals surface area contributed by atoms with Crippen LogP contribution in [0.2, 0.25) is 0 Å². The molecule has 2 aromatic rings. The lowest BCUT2D eigenvalue weighted by atomic mass is 10.0. The maximum absolute atomic E-state index is 11.7. The third-order valence-corrected chi connectivity index (χ3v) is 3.30. The van der Waals surface area contributed by atoms with Crippen molar-refractivity contribution in [2.45, 2.75) is 13.1 Å². The van der Waals surface area contributed by atoms with Crippen molar-refractivity contribution in [1.82, 2.24) is 10.4 Å². The first-order chi connectivity index (χ1) is 9.66. The molecule has 0 spiro atoms. The third-order valence-electron chi connectivity index (χ3n) is 3.30. The van der Waals surface area contributed by atoms with E-state index >= 15 is 0 Å². The summed E-state index contributed by atoms with van der Waals surface area (Å²) in [4.78, 5) is 28.5. The van der Waals surface area contributed by atoms with Crippen molar-refractivity contribution in [2.24, 2.45) is 0 Å². The molecule has 1 unspecified atom stereocenters. The Morgan fingerprint density at radius 1 is 1.25 bits per heavy atom. The predicted octanol–water partition coefficient (Wildman–Crippen LogP) is 1.75. The van der Waals surface area contributed by atoms with E-state index in [0.29, 0.717) is 0 Å². The molecule has 5 heteroatoms. The maximum atomic E-state index is 11.7. The fourth-order valence-corrected chi connectivity index (χ4v) is 2.42. The minimum atomic E-state index is -0.597. The molecular weight excluding hydrogens is 256 g/mol. The lowest BCUT2D eigenvalue weighted by Gasteiger charge is -2.34. The highest BCUT2D eigenvalue weighted by molar-refractivity contribution is 5.88. The first-order valence-corrected chi connectivity index (χ1v) is 6.36. The van der Waals surface area contributed by atoms with Crippen molar-refractivity contribution < 1.29 is 14.4 Å². The van der Waals surface area contributed by atoms with E-state index in [9.17, 15) is 9.59 Å². The summed E-state index contributed by atoms with van der Waals surface area (Å²) in [7, 11) is 0. The van der Waals surface area contributed by atoms with E-state index in [1.54, 1.807) is 0 Å². The van der Waals surface area contributed by atoms with Gasteiger partial charge in [-0.05, 0) is 10.8 Å². The van der Waals surface area contributed by atoms with Gasteiger partial charge in [0, 0.05) is 12.5 Å². The first kappa shape index (κ1) is 12.6. The molecule has 2 aromatic carbocycles. The van der Waals surface area contributed by atoms with Crippen LogP contribution in [0.3, 0.4) is 0 Å². The van der Waals surface area contributed by atoms with Gasteiger partial charge in [0.1, 0.15) is 0 Å². The lowest BCUT2D eigenvalue weighted by Crippen LogP contribution is -2.50. The second kappa shape index (κ2) is 4.94. The Morgan fingerprint density at radius 2 is 2.00 bits per heavy atom. The molecule has 1 N–H and O–H groups in total. The summed E-state index contributed by atoms with van der Waals surface area (Å²) in [6.45, 7) is 1.27. The second-order valence-corrected chi connectivity index (χ2v) is 4.66. The molecule has 1 aliphatic heterocycles. The van der Waals surface area contributed by atoms with Crippen LogP contribution >= 0.6 is 0 Å². The van der Waals surface area contributed by atoms with Gasteiger partial charge in [0.05, 0.1) is 0 Å². The summed E-state index contributed by atoms with van der Waals surface area (Å²) in [5, 5.41) is 6.04. The van der Waals surface area contributed by atoms with Gasteiger partial charge in [0.15, 0.2) is 12.8 Å². The maximum Gasteiger partial charge on any atom is 0.250 e. The predicted molar refractivity (Wildman–Crippen MR) is 73.3 cm³/mol. The molecule has 0 saturated carbocycles. The summed E-state index contributed by atoms with van der Waals surface area (Å²) >= 11 is 0. The molecule has 1 fully saturated rings. The average molecular weight is 270 g/mol. The van der Waals surface area contributed by atoms with Gasteiger partial charge in [-0.25, -0.2) is 0 Å². The van der Waals surface area contributed by atoms with E-state index in [-0.39, 0.29) is 18.4 Å². The van der Waals surface area contributed by atoms with Gasteiger partial charge in [-0.2, -0.15) is 5.06 Å². The molecule has 102 valence electrons. The van der Waals surface area contributed by atoms with Gasteiger partial charge in [0.25, 0.3) is 5.91 Å². The Bertz CT molecular complexity index is 678. The third kappa shape index (κ3) is 2.12. The van der Waals surface area contributed by atoms with Gasteiger partial charge >= 0.3 is 0 Å². The topological polar surface area (TPSA) is 58.6 Å². The van der Waals surface area contributed by atoms with Crippen LogP contribution < -0.4 is 5.32 Å². The van der Waals surface area contributed by atoms with Crippen LogP contribution in [0.1, 0.15) is 18.7 Å². The highest BCUT2D eigenvalue weighted by Crippen LogP contribution is 2.28. The summed E-state index contributed by atoms with van der Waals surface area (Å²) < 4.78 is 0. The van der Waals surface area contributed by atoms with Crippen LogP contribution in [0.4, 0.5) is 0 Å². The molecule has 1 saturated heterocycles. The molecular formula is C15H14N2O3. The van der Waals surface area contributed by atoms with Crippen molar-refractivity contribution in [3.05, 3.63) is 48.0 Å². The Morgan fingerprint density at radius 3 is 2.80 bits per heavy atom. The van der Waals surface area contributed by atoms with Crippen molar-refractivity contribution in [3.63, 3.8) is 0 Å². The van der Waals surface area contributed by atoms with E-state index in [1.807, 2.05) is 42.5 Å². The molecule has 0 aromatic heterocycles. The van der Waals surface area contributed by atoms with Gasteiger partial charge < -0.3 is 5.32 Å². The van der Waals surface area contributed by atoms with Crippen LogP contribution in [-0.4, -0.2) is 23.5 Å². The summed E-state index contributed by atoms with van der Waals surface area (Å²) in [6, 6.07) is 13.6. The SMILES string of the molecule is CC(=O)N1OCC(=O)NC1c1cccc2ccccc12. The molecule has 1 atom stereocenters. The molecule has 5 nitrogen and oxygen atoms in total. The standard InChI is InChI=1S/C15H14N2O3/c1-10(18)17-15(16-14(19)9-20-17)13-8-4-6-11-5-2-3-7-12(11)13/h2-8,15H,9H2,1H3,(H,16,19). The first-order valence-electron chi connectivity index (χ1n) is 6.36. The lowest BCUT2D eigenvalue weighted by molar-refractivity contribution is -0.217. The monoisotopic (exact) mass is 270 g/mol. The zero-order chi connectivity index (χ0) is 14.1. The Labute approximate surface area is 116 Å². The number of benzene rings is 2. The molecule has 20 heavy (non-hydrogen) atoms. The molecule has 0 bridgehead atoms. The van der Waals surface area contributed by atoms with Crippen LogP contribution in [0, 0.1) is 0 Å². The second-order valence-electron chi connectivity index (χ2n) is 4.66. The Hall–Kier alpha value is -2.40. The number of hydroxylamine groups is 2. The number of carbonyl (C=O) groups excluding carboxylic acids is 2. The minimum Gasteiger partial charge on any atom is -0.328 e. The number of hydrogen-bond acceptors (Lipinski definition) is 3. The van der Waals surface area contributed by atoms with E-state index in [0.717, 1.165) is 16.3 Å². The van der Waals surface area contributed by atoms with Crippen molar-refractivity contribution >= 4 is 22.6 Å². The molecule has 3 rings (SSSR count). The summed E-state index contributed by atoms with van der Waals surface area (Å²) in [5.74, 6) is -0.483. The average Bonchev–Trinajstić information content (AvgIpc) is 2.46. The fourth-order valence-electron chi connectivity index (χ4n) is 2.42. The number of nitrogens with zero attached hydrogens (tertiary/aromatic N) is 1. The smallest absolute Gasteiger partial charge is 0.250 e. The Kier molecular flexibility index (Phi) is 3.12. The van der Waals surface area contributed by atoms with Gasteiger partial charge in [-0.15, -0.1) is 0 Å². The molecule has 1 aliphatic rings. The van der Waals surface area contributed by atoms with E-state index in [4.69, 9.17) is 4.84 Å². The Balaban J connectivity index is 2.12. The highest BCUT2D eigenvalue weighted by Gasteiger charge is 2.31. The van der Waals surface area contributed by atoms with Crippen LogP contribution in [-0.2, 0) is 14.4 Å². The van der Waals surface area contributed by atoms with Crippen LogP contribution in [0.15, 0.2) is 42.5 Å². The number of rotatable bonds is 1. The number of fused-ring (bicyclic) bond motifs is 1. The van der Waals surface area contributed by atoms with E-state index < -0.39 is 6.17 Å². The molecule has 0 radical (unpaired) electrons. The van der Waals surface area contributed by atoms with Gasteiger partial charge in [0.2, 0.25) is 5.91 Å².